The summed E-state index contributed by atoms with van der Waals surface area (Å²) in [5.74, 6) is 0.120. The number of carbonyl (C=O) groups is 1. The van der Waals surface area contributed by atoms with Gasteiger partial charge in [-0.15, -0.1) is 0 Å². The molecular formula is C12H12N2O. The number of nitrogens with zero attached hydrogens (tertiary/aromatic N) is 2. The Bertz CT molecular complexity index is 457. The van der Waals surface area contributed by atoms with Gasteiger partial charge in [0.2, 0.25) is 5.91 Å². The Balaban J connectivity index is 2.52. The molecule has 1 aromatic rings. The van der Waals surface area contributed by atoms with E-state index in [1.807, 2.05) is 19.9 Å². The molecule has 15 heavy (non-hydrogen) atoms. The highest BCUT2D eigenvalue weighted by molar-refractivity contribution is 6.02. The highest BCUT2D eigenvalue weighted by Gasteiger charge is 2.29. The van der Waals surface area contributed by atoms with E-state index in [0.29, 0.717) is 12.0 Å². The predicted octanol–water partition coefficient (Wildman–Crippen LogP) is 1.86. The van der Waals surface area contributed by atoms with E-state index < -0.39 is 0 Å². The summed E-state index contributed by atoms with van der Waals surface area (Å²) in [6.45, 7) is 3.96. The summed E-state index contributed by atoms with van der Waals surface area (Å²) in [6, 6.07) is 7.66. The van der Waals surface area contributed by atoms with Crippen LogP contribution in [0.25, 0.3) is 0 Å². The molecule has 0 atom stereocenters. The average Bonchev–Trinajstić information content (AvgIpc) is 2.52. The number of fused-ring (bicyclic) bond motifs is 1. The van der Waals surface area contributed by atoms with Gasteiger partial charge in [-0.25, -0.2) is 0 Å². The van der Waals surface area contributed by atoms with E-state index >= 15 is 0 Å². The van der Waals surface area contributed by atoms with Gasteiger partial charge in [0.25, 0.3) is 0 Å². The quantitative estimate of drug-likeness (QED) is 0.694. The third-order valence-corrected chi connectivity index (χ3v) is 2.60. The van der Waals surface area contributed by atoms with Gasteiger partial charge in [-0.1, -0.05) is 6.07 Å². The highest BCUT2D eigenvalue weighted by atomic mass is 16.2. The van der Waals surface area contributed by atoms with Crippen LogP contribution in [0.5, 0.6) is 0 Å². The molecule has 0 N–H and O–H groups in total. The van der Waals surface area contributed by atoms with Crippen LogP contribution in [0.3, 0.4) is 0 Å². The Morgan fingerprint density at radius 2 is 2.20 bits per heavy atom. The Kier molecular flexibility index (Phi) is 2.20. The van der Waals surface area contributed by atoms with Gasteiger partial charge in [-0.05, 0) is 31.5 Å². The lowest BCUT2D eigenvalue weighted by molar-refractivity contribution is -0.117. The molecule has 0 unspecified atom stereocenters. The first kappa shape index (κ1) is 9.72. The summed E-state index contributed by atoms with van der Waals surface area (Å²) in [5.41, 5.74) is 2.52. The number of nitriles is 1. The second-order valence-corrected chi connectivity index (χ2v) is 3.99. The predicted molar refractivity (Wildman–Crippen MR) is 57.5 cm³/mol. The highest BCUT2D eigenvalue weighted by Crippen LogP contribution is 2.31. The van der Waals surface area contributed by atoms with E-state index in [4.69, 9.17) is 5.26 Å². The maximum Gasteiger partial charge on any atom is 0.231 e. The monoisotopic (exact) mass is 200 g/mol. The van der Waals surface area contributed by atoms with Crippen LogP contribution in [-0.4, -0.2) is 11.9 Å². The lowest BCUT2D eigenvalue weighted by atomic mass is 10.1. The molecule has 0 saturated carbocycles. The van der Waals surface area contributed by atoms with Crippen molar-refractivity contribution in [2.24, 2.45) is 0 Å². The molecule has 1 aliphatic heterocycles. The van der Waals surface area contributed by atoms with Crippen molar-refractivity contribution in [1.82, 2.24) is 0 Å². The van der Waals surface area contributed by atoms with Crippen molar-refractivity contribution >= 4 is 11.6 Å². The number of benzene rings is 1. The van der Waals surface area contributed by atoms with Crippen LogP contribution < -0.4 is 4.90 Å². The third kappa shape index (κ3) is 1.48. The molecule has 3 heteroatoms. The molecule has 0 spiro atoms. The number of hydrogen-bond donors (Lipinski definition) is 0. The number of amides is 1. The number of carbonyl (C=O) groups excluding carboxylic acids is 1. The molecule has 0 aromatic heterocycles. The summed E-state index contributed by atoms with van der Waals surface area (Å²) in [7, 11) is 0. The van der Waals surface area contributed by atoms with Crippen molar-refractivity contribution in [3.05, 3.63) is 29.3 Å². The molecule has 1 aliphatic rings. The Labute approximate surface area is 88.9 Å². The first-order chi connectivity index (χ1) is 7.13. The van der Waals surface area contributed by atoms with Crippen LogP contribution >= 0.6 is 0 Å². The largest absolute Gasteiger partial charge is 0.309 e. The normalized spacial score (nSPS) is 14.3. The van der Waals surface area contributed by atoms with Crippen molar-refractivity contribution < 1.29 is 4.79 Å². The van der Waals surface area contributed by atoms with E-state index in [0.717, 1.165) is 11.3 Å². The first-order valence-electron chi connectivity index (χ1n) is 4.98. The van der Waals surface area contributed by atoms with Gasteiger partial charge in [0.1, 0.15) is 0 Å². The van der Waals surface area contributed by atoms with Crippen LogP contribution in [0.4, 0.5) is 5.69 Å². The van der Waals surface area contributed by atoms with Crippen molar-refractivity contribution in [2.45, 2.75) is 26.3 Å². The van der Waals surface area contributed by atoms with E-state index in [-0.39, 0.29) is 11.9 Å². The van der Waals surface area contributed by atoms with Crippen LogP contribution in [-0.2, 0) is 11.2 Å². The number of hydrogen-bond acceptors (Lipinski definition) is 2. The Morgan fingerprint density at radius 3 is 2.80 bits per heavy atom. The fraction of sp³-hybridized carbons (Fsp3) is 0.333. The van der Waals surface area contributed by atoms with Crippen LogP contribution in [0, 0.1) is 11.3 Å². The van der Waals surface area contributed by atoms with Crippen molar-refractivity contribution in [3.8, 4) is 6.07 Å². The lowest BCUT2D eigenvalue weighted by Gasteiger charge is -2.21. The molecule has 0 bridgehead atoms. The van der Waals surface area contributed by atoms with Gasteiger partial charge in [-0.3, -0.25) is 4.79 Å². The molecule has 1 heterocycles. The minimum atomic E-state index is 0.120. The van der Waals surface area contributed by atoms with Gasteiger partial charge >= 0.3 is 0 Å². The summed E-state index contributed by atoms with van der Waals surface area (Å²) < 4.78 is 0. The SMILES string of the molecule is CC(C)N1C(=O)Cc2ccc(C#N)cc21. The summed E-state index contributed by atoms with van der Waals surface area (Å²) in [5, 5.41) is 8.81. The minimum Gasteiger partial charge on any atom is -0.309 e. The first-order valence-corrected chi connectivity index (χ1v) is 4.98. The lowest BCUT2D eigenvalue weighted by Crippen LogP contribution is -2.33. The fourth-order valence-corrected chi connectivity index (χ4v) is 1.96. The topological polar surface area (TPSA) is 44.1 Å². The number of anilines is 1. The van der Waals surface area contributed by atoms with Crippen LogP contribution in [0.15, 0.2) is 18.2 Å². The van der Waals surface area contributed by atoms with Crippen molar-refractivity contribution in [1.29, 1.82) is 5.26 Å². The minimum absolute atomic E-state index is 0.120. The summed E-state index contributed by atoms with van der Waals surface area (Å²) in [4.78, 5) is 13.5. The molecule has 0 aliphatic carbocycles. The molecule has 76 valence electrons. The van der Waals surface area contributed by atoms with Gasteiger partial charge < -0.3 is 4.90 Å². The second-order valence-electron chi connectivity index (χ2n) is 3.99. The van der Waals surface area contributed by atoms with E-state index in [1.165, 1.54) is 0 Å². The maximum absolute atomic E-state index is 11.7. The molecule has 2 rings (SSSR count). The molecule has 0 radical (unpaired) electrons. The zero-order chi connectivity index (χ0) is 11.0. The molecular weight excluding hydrogens is 188 g/mol. The summed E-state index contributed by atoms with van der Waals surface area (Å²) in [6.07, 6.45) is 0.458. The van der Waals surface area contributed by atoms with Crippen molar-refractivity contribution in [3.63, 3.8) is 0 Å². The molecule has 1 amide bonds. The van der Waals surface area contributed by atoms with E-state index in [1.54, 1.807) is 17.0 Å². The Hall–Kier alpha value is -1.82. The smallest absolute Gasteiger partial charge is 0.231 e. The van der Waals surface area contributed by atoms with Gasteiger partial charge in [0.05, 0.1) is 18.1 Å². The second kappa shape index (κ2) is 3.39. The van der Waals surface area contributed by atoms with Gasteiger partial charge in [0.15, 0.2) is 0 Å². The van der Waals surface area contributed by atoms with Gasteiger partial charge in [-0.2, -0.15) is 5.26 Å². The fourth-order valence-electron chi connectivity index (χ4n) is 1.96. The van der Waals surface area contributed by atoms with Gasteiger partial charge in [0, 0.05) is 11.7 Å². The molecule has 0 fully saturated rings. The Morgan fingerprint density at radius 1 is 1.47 bits per heavy atom. The van der Waals surface area contributed by atoms with Crippen molar-refractivity contribution in [2.75, 3.05) is 4.90 Å². The third-order valence-electron chi connectivity index (χ3n) is 2.60. The zero-order valence-electron chi connectivity index (χ0n) is 8.82. The standard InChI is InChI=1S/C12H12N2O/c1-8(2)14-11-5-9(7-13)3-4-10(11)6-12(14)15/h3-5,8H,6H2,1-2H3. The average molecular weight is 200 g/mol. The maximum atomic E-state index is 11.7. The van der Waals surface area contributed by atoms with Crippen LogP contribution in [0.2, 0.25) is 0 Å². The summed E-state index contributed by atoms with van der Waals surface area (Å²) >= 11 is 0. The molecule has 0 saturated heterocycles. The molecule has 1 aromatic carbocycles. The number of rotatable bonds is 1. The van der Waals surface area contributed by atoms with E-state index in [2.05, 4.69) is 6.07 Å². The molecule has 3 nitrogen and oxygen atoms in total. The van der Waals surface area contributed by atoms with Crippen LogP contribution in [0.1, 0.15) is 25.0 Å². The zero-order valence-corrected chi connectivity index (χ0v) is 8.82. The van der Waals surface area contributed by atoms with E-state index in [9.17, 15) is 4.79 Å².